The molecule has 1 aliphatic rings. The zero-order valence-electron chi connectivity index (χ0n) is 20.4. The molecule has 0 spiro atoms. The summed E-state index contributed by atoms with van der Waals surface area (Å²) in [5.41, 5.74) is 3.94. The second-order valence-electron chi connectivity index (χ2n) is 9.21. The molecule has 0 saturated carbocycles. The van der Waals surface area contributed by atoms with Gasteiger partial charge in [0.25, 0.3) is 11.5 Å². The predicted octanol–water partition coefficient (Wildman–Crippen LogP) is 8.15. The van der Waals surface area contributed by atoms with E-state index in [0.717, 1.165) is 16.5 Å². The second kappa shape index (κ2) is 10.3. The molecule has 4 aromatic carbocycles. The van der Waals surface area contributed by atoms with Crippen molar-refractivity contribution in [2.45, 2.75) is 12.5 Å². The van der Waals surface area contributed by atoms with Gasteiger partial charge in [-0.05, 0) is 53.6 Å². The molecule has 0 radical (unpaired) electrons. The third kappa shape index (κ3) is 4.74. The van der Waals surface area contributed by atoms with Gasteiger partial charge in [-0.25, -0.2) is 5.01 Å². The van der Waals surface area contributed by atoms with Crippen LogP contribution < -0.4 is 5.56 Å². The number of amides is 1. The molecule has 1 N–H and O–H groups in total. The van der Waals surface area contributed by atoms with Crippen molar-refractivity contribution in [3.8, 4) is 11.1 Å². The summed E-state index contributed by atoms with van der Waals surface area (Å²) < 4.78 is 0. The number of nitrogens with zero attached hydrogens (tertiary/aromatic N) is 2. The number of benzene rings is 4. The van der Waals surface area contributed by atoms with Crippen molar-refractivity contribution in [3.63, 3.8) is 0 Å². The summed E-state index contributed by atoms with van der Waals surface area (Å²) in [4.78, 5) is 30.5. The first kappa shape index (κ1) is 25.4. The van der Waals surface area contributed by atoms with Crippen molar-refractivity contribution in [2.75, 3.05) is 0 Å². The number of halogens is 3. The number of nitrogens with one attached hydrogen (secondary N) is 1. The number of rotatable bonds is 4. The lowest BCUT2D eigenvalue weighted by Gasteiger charge is -2.22. The van der Waals surface area contributed by atoms with Crippen LogP contribution in [-0.4, -0.2) is 21.6 Å². The molecule has 0 aliphatic carbocycles. The maximum Gasteiger partial charge on any atom is 0.276 e. The van der Waals surface area contributed by atoms with Crippen LogP contribution in [-0.2, 0) is 0 Å². The van der Waals surface area contributed by atoms with E-state index in [-0.39, 0.29) is 11.5 Å². The maximum absolute atomic E-state index is 13.8. The Bertz CT molecular complexity index is 1820. The minimum atomic E-state index is -0.473. The molecule has 0 bridgehead atoms. The number of hydrogen-bond acceptors (Lipinski definition) is 3. The first-order chi connectivity index (χ1) is 18.9. The average Bonchev–Trinajstić information content (AvgIpc) is 3.38. The zero-order chi connectivity index (χ0) is 27.1. The van der Waals surface area contributed by atoms with Gasteiger partial charge in [0.05, 0.1) is 27.9 Å². The maximum atomic E-state index is 13.8. The topological polar surface area (TPSA) is 65.5 Å². The van der Waals surface area contributed by atoms with Crippen LogP contribution in [0, 0.1) is 0 Å². The Morgan fingerprint density at radius 2 is 1.51 bits per heavy atom. The zero-order valence-corrected chi connectivity index (χ0v) is 22.6. The molecule has 1 atom stereocenters. The molecule has 2 heterocycles. The molecule has 1 aliphatic heterocycles. The Labute approximate surface area is 239 Å². The highest BCUT2D eigenvalue weighted by Crippen LogP contribution is 2.38. The molecular weight excluding hydrogens is 553 g/mol. The van der Waals surface area contributed by atoms with Gasteiger partial charge in [-0.15, -0.1) is 0 Å². The van der Waals surface area contributed by atoms with Gasteiger partial charge in [0.1, 0.15) is 0 Å². The third-order valence-corrected chi connectivity index (χ3v) is 7.62. The minimum absolute atomic E-state index is 0.302. The lowest BCUT2D eigenvalue weighted by Crippen LogP contribution is -2.27. The van der Waals surface area contributed by atoms with Crippen LogP contribution in [0.3, 0.4) is 0 Å². The van der Waals surface area contributed by atoms with E-state index in [4.69, 9.17) is 39.9 Å². The Hall–Kier alpha value is -3.90. The molecule has 1 amide bonds. The van der Waals surface area contributed by atoms with Gasteiger partial charge in [-0.2, -0.15) is 5.10 Å². The van der Waals surface area contributed by atoms with Crippen LogP contribution in [0.1, 0.15) is 33.9 Å². The van der Waals surface area contributed by atoms with Gasteiger partial charge in [-0.1, -0.05) is 89.4 Å². The van der Waals surface area contributed by atoms with Crippen LogP contribution in [0.15, 0.2) is 107 Å². The molecule has 8 heteroatoms. The van der Waals surface area contributed by atoms with Gasteiger partial charge < -0.3 is 4.98 Å². The van der Waals surface area contributed by atoms with E-state index in [1.807, 2.05) is 48.5 Å². The van der Waals surface area contributed by atoms with Crippen molar-refractivity contribution in [1.29, 1.82) is 0 Å². The van der Waals surface area contributed by atoms with Crippen LogP contribution in [0.4, 0.5) is 0 Å². The highest BCUT2D eigenvalue weighted by atomic mass is 35.5. The number of aromatic amines is 1. The van der Waals surface area contributed by atoms with Crippen molar-refractivity contribution in [3.05, 3.63) is 139 Å². The predicted molar refractivity (Wildman–Crippen MR) is 158 cm³/mol. The van der Waals surface area contributed by atoms with Gasteiger partial charge in [-0.3, -0.25) is 9.59 Å². The average molecular weight is 573 g/mol. The number of carbonyl (C=O) groups excluding carboxylic acids is 1. The first-order valence-electron chi connectivity index (χ1n) is 12.2. The highest BCUT2D eigenvalue weighted by Gasteiger charge is 2.36. The number of pyridine rings is 1. The van der Waals surface area contributed by atoms with Crippen molar-refractivity contribution >= 4 is 57.3 Å². The van der Waals surface area contributed by atoms with Crippen LogP contribution in [0.5, 0.6) is 0 Å². The molecule has 0 fully saturated rings. The highest BCUT2D eigenvalue weighted by molar-refractivity contribution is 6.34. The quantitative estimate of drug-likeness (QED) is 0.236. The van der Waals surface area contributed by atoms with Gasteiger partial charge in [0, 0.05) is 32.9 Å². The smallest absolute Gasteiger partial charge is 0.276 e. The van der Waals surface area contributed by atoms with Crippen molar-refractivity contribution in [1.82, 2.24) is 9.99 Å². The summed E-state index contributed by atoms with van der Waals surface area (Å²) in [5, 5.41) is 8.43. The van der Waals surface area contributed by atoms with E-state index < -0.39 is 6.04 Å². The standard InChI is InChI=1S/C31H20Cl3N3O2/c32-20-12-10-18(11-13-20)27-17-26(36-37(27)31(39)22-8-4-5-9-24(22)34)29-28(19-6-2-1-3-7-19)23-16-21(33)14-15-25(23)35-30(29)38/h1-16,27H,17H2,(H,35,38). The van der Waals surface area contributed by atoms with E-state index in [1.165, 1.54) is 5.01 Å². The molecule has 1 aromatic heterocycles. The SMILES string of the molecule is O=C(c1ccccc1Cl)N1N=C(c2c(-c3ccccc3)c3cc(Cl)ccc3[nH]c2=O)CC1c1ccc(Cl)cc1. The summed E-state index contributed by atoms with van der Waals surface area (Å²) >= 11 is 18.9. The lowest BCUT2D eigenvalue weighted by molar-refractivity contribution is 0.0711. The fraction of sp³-hybridized carbons (Fsp3) is 0.0645. The largest absolute Gasteiger partial charge is 0.321 e. The fourth-order valence-electron chi connectivity index (χ4n) is 5.00. The number of hydrazone groups is 1. The van der Waals surface area contributed by atoms with Crippen molar-refractivity contribution < 1.29 is 4.79 Å². The summed E-state index contributed by atoms with van der Waals surface area (Å²) in [5.74, 6) is -0.364. The molecule has 5 aromatic rings. The van der Waals surface area contributed by atoms with E-state index in [0.29, 0.717) is 49.4 Å². The van der Waals surface area contributed by atoms with Gasteiger partial charge in [0.15, 0.2) is 0 Å². The third-order valence-electron chi connectivity index (χ3n) is 6.80. The van der Waals surface area contributed by atoms with Crippen LogP contribution in [0.2, 0.25) is 15.1 Å². The summed E-state index contributed by atoms with van der Waals surface area (Å²) in [6, 6.07) is 28.6. The lowest BCUT2D eigenvalue weighted by atomic mass is 9.91. The summed E-state index contributed by atoms with van der Waals surface area (Å²) in [6.07, 6.45) is 0.312. The Balaban J connectivity index is 1.58. The molecule has 6 rings (SSSR count). The Kier molecular flexibility index (Phi) is 6.73. The molecule has 0 saturated heterocycles. The number of hydrogen-bond donors (Lipinski definition) is 1. The fourth-order valence-corrected chi connectivity index (χ4v) is 5.51. The Morgan fingerprint density at radius 1 is 0.821 bits per heavy atom. The monoisotopic (exact) mass is 571 g/mol. The molecule has 192 valence electrons. The molecule has 5 nitrogen and oxygen atoms in total. The van der Waals surface area contributed by atoms with Crippen molar-refractivity contribution in [2.24, 2.45) is 5.10 Å². The minimum Gasteiger partial charge on any atom is -0.321 e. The van der Waals surface area contributed by atoms with E-state index in [2.05, 4.69) is 4.98 Å². The van der Waals surface area contributed by atoms with E-state index >= 15 is 0 Å². The van der Waals surface area contributed by atoms with Crippen LogP contribution >= 0.6 is 34.8 Å². The molecular formula is C31H20Cl3N3O2. The second-order valence-corrected chi connectivity index (χ2v) is 10.5. The Morgan fingerprint density at radius 3 is 2.26 bits per heavy atom. The number of H-pyrrole nitrogens is 1. The van der Waals surface area contributed by atoms with Gasteiger partial charge in [0.2, 0.25) is 0 Å². The van der Waals surface area contributed by atoms with E-state index in [1.54, 1.807) is 48.5 Å². The molecule has 39 heavy (non-hydrogen) atoms. The van der Waals surface area contributed by atoms with E-state index in [9.17, 15) is 9.59 Å². The normalized spacial score (nSPS) is 15.0. The summed E-state index contributed by atoms with van der Waals surface area (Å²) in [7, 11) is 0. The van der Waals surface area contributed by atoms with Crippen LogP contribution in [0.25, 0.3) is 22.0 Å². The number of carbonyl (C=O) groups is 1. The first-order valence-corrected chi connectivity index (χ1v) is 13.4. The number of aromatic nitrogens is 1. The van der Waals surface area contributed by atoms with Gasteiger partial charge >= 0.3 is 0 Å². The number of fused-ring (bicyclic) bond motifs is 1. The molecule has 1 unspecified atom stereocenters. The summed E-state index contributed by atoms with van der Waals surface area (Å²) in [6.45, 7) is 0.